The summed E-state index contributed by atoms with van der Waals surface area (Å²) in [5.74, 6) is -0.383. The first-order valence-corrected chi connectivity index (χ1v) is 7.54. The number of benzene rings is 2. The molecule has 0 aliphatic heterocycles. The van der Waals surface area contributed by atoms with Crippen LogP contribution in [0.15, 0.2) is 60.8 Å². The number of nitrogens with zero attached hydrogens (tertiary/aromatic N) is 2. The van der Waals surface area contributed by atoms with Crippen LogP contribution in [0.1, 0.15) is 21.6 Å². The Morgan fingerprint density at radius 1 is 1.13 bits per heavy atom. The second-order valence-electron chi connectivity index (χ2n) is 5.09. The van der Waals surface area contributed by atoms with E-state index in [9.17, 15) is 4.79 Å². The van der Waals surface area contributed by atoms with Crippen LogP contribution in [0.2, 0.25) is 5.02 Å². The molecular weight excluding hydrogens is 312 g/mol. The molecule has 4 nitrogen and oxygen atoms in total. The van der Waals surface area contributed by atoms with Crippen molar-refractivity contribution in [3.63, 3.8) is 0 Å². The van der Waals surface area contributed by atoms with Gasteiger partial charge in [-0.2, -0.15) is 5.10 Å². The summed E-state index contributed by atoms with van der Waals surface area (Å²) in [4.78, 5) is 12.2. The van der Waals surface area contributed by atoms with E-state index in [0.717, 1.165) is 16.9 Å². The van der Waals surface area contributed by atoms with E-state index in [2.05, 4.69) is 5.10 Å². The van der Waals surface area contributed by atoms with Crippen molar-refractivity contribution in [1.82, 2.24) is 9.78 Å². The van der Waals surface area contributed by atoms with Crippen LogP contribution in [0.5, 0.6) is 0 Å². The molecule has 0 saturated heterocycles. The Kier molecular flexibility index (Phi) is 4.44. The Morgan fingerprint density at radius 3 is 2.52 bits per heavy atom. The molecule has 2 aromatic carbocycles. The molecule has 0 aliphatic rings. The highest BCUT2D eigenvalue weighted by molar-refractivity contribution is 6.30. The third-order valence-corrected chi connectivity index (χ3v) is 3.77. The summed E-state index contributed by atoms with van der Waals surface area (Å²) in [5.41, 5.74) is 2.97. The van der Waals surface area contributed by atoms with Gasteiger partial charge in [0.25, 0.3) is 0 Å². The third-order valence-electron chi connectivity index (χ3n) is 3.51. The normalized spacial score (nSPS) is 10.5. The lowest BCUT2D eigenvalue weighted by Gasteiger charge is -2.06. The standard InChI is InChI=1S/C18H15ClN2O2/c1-13-17(18(22)23-12-14-5-3-2-4-6-14)11-20-21(13)16-9-7-15(19)8-10-16/h2-11H,12H2,1H3. The molecule has 0 unspecified atom stereocenters. The van der Waals surface area contributed by atoms with E-state index >= 15 is 0 Å². The largest absolute Gasteiger partial charge is 0.457 e. The average molecular weight is 327 g/mol. The predicted molar refractivity (Wildman–Crippen MR) is 88.9 cm³/mol. The lowest BCUT2D eigenvalue weighted by Crippen LogP contribution is -2.07. The van der Waals surface area contributed by atoms with Gasteiger partial charge in [0.05, 0.1) is 17.6 Å². The number of hydrogen-bond donors (Lipinski definition) is 0. The van der Waals surface area contributed by atoms with Crippen LogP contribution in [0.25, 0.3) is 5.69 Å². The molecule has 1 aromatic heterocycles. The molecule has 1 heterocycles. The van der Waals surface area contributed by atoms with Crippen molar-refractivity contribution in [1.29, 1.82) is 0 Å². The highest BCUT2D eigenvalue weighted by Gasteiger charge is 2.16. The van der Waals surface area contributed by atoms with Crippen molar-refractivity contribution < 1.29 is 9.53 Å². The molecule has 0 radical (unpaired) electrons. The Hall–Kier alpha value is -2.59. The van der Waals surface area contributed by atoms with Crippen molar-refractivity contribution in [3.05, 3.63) is 82.6 Å². The maximum Gasteiger partial charge on any atom is 0.341 e. The van der Waals surface area contributed by atoms with Crippen LogP contribution in [0, 0.1) is 6.92 Å². The van der Waals surface area contributed by atoms with Gasteiger partial charge in [-0.15, -0.1) is 0 Å². The van der Waals surface area contributed by atoms with Gasteiger partial charge in [0.1, 0.15) is 12.2 Å². The molecule has 0 saturated carbocycles. The Bertz CT molecular complexity index is 811. The summed E-state index contributed by atoms with van der Waals surface area (Å²) < 4.78 is 7.04. The highest BCUT2D eigenvalue weighted by Crippen LogP contribution is 2.18. The van der Waals surface area contributed by atoms with Gasteiger partial charge in [-0.1, -0.05) is 41.9 Å². The lowest BCUT2D eigenvalue weighted by molar-refractivity contribution is 0.0472. The van der Waals surface area contributed by atoms with Crippen molar-refractivity contribution >= 4 is 17.6 Å². The van der Waals surface area contributed by atoms with Gasteiger partial charge < -0.3 is 4.74 Å². The Labute approximate surface area is 139 Å². The number of carbonyl (C=O) groups excluding carboxylic acids is 1. The van der Waals surface area contributed by atoms with Gasteiger partial charge in [0.15, 0.2) is 0 Å². The molecule has 23 heavy (non-hydrogen) atoms. The van der Waals surface area contributed by atoms with E-state index in [0.29, 0.717) is 10.6 Å². The number of rotatable bonds is 4. The summed E-state index contributed by atoms with van der Waals surface area (Å²) in [7, 11) is 0. The molecular formula is C18H15ClN2O2. The summed E-state index contributed by atoms with van der Waals surface area (Å²) >= 11 is 5.89. The fourth-order valence-corrected chi connectivity index (χ4v) is 2.38. The Balaban J connectivity index is 1.76. The fraction of sp³-hybridized carbons (Fsp3) is 0.111. The molecule has 0 bridgehead atoms. The quantitative estimate of drug-likeness (QED) is 0.675. The minimum absolute atomic E-state index is 0.241. The van der Waals surface area contributed by atoms with Crippen molar-refractivity contribution in [3.8, 4) is 5.69 Å². The number of carbonyl (C=O) groups is 1. The lowest BCUT2D eigenvalue weighted by atomic mass is 10.2. The molecule has 0 spiro atoms. The average Bonchev–Trinajstić information content (AvgIpc) is 2.96. The molecule has 0 N–H and O–H groups in total. The van der Waals surface area contributed by atoms with Crippen LogP contribution in [-0.2, 0) is 11.3 Å². The zero-order chi connectivity index (χ0) is 16.2. The molecule has 0 amide bonds. The monoisotopic (exact) mass is 326 g/mol. The number of hydrogen-bond acceptors (Lipinski definition) is 3. The van der Waals surface area contributed by atoms with Crippen molar-refractivity contribution in [2.75, 3.05) is 0 Å². The minimum Gasteiger partial charge on any atom is -0.457 e. The summed E-state index contributed by atoms with van der Waals surface area (Å²) in [6.45, 7) is 2.08. The van der Waals surface area contributed by atoms with Gasteiger partial charge in [0.2, 0.25) is 0 Å². The second kappa shape index (κ2) is 6.67. The molecule has 3 rings (SSSR count). The maximum absolute atomic E-state index is 12.2. The van der Waals surface area contributed by atoms with E-state index < -0.39 is 0 Å². The van der Waals surface area contributed by atoms with E-state index in [1.165, 1.54) is 6.20 Å². The van der Waals surface area contributed by atoms with E-state index in [1.807, 2.05) is 49.4 Å². The smallest absolute Gasteiger partial charge is 0.341 e. The SMILES string of the molecule is Cc1c(C(=O)OCc2ccccc2)cnn1-c1ccc(Cl)cc1. The van der Waals surface area contributed by atoms with Crippen molar-refractivity contribution in [2.45, 2.75) is 13.5 Å². The number of halogens is 1. The zero-order valence-corrected chi connectivity index (χ0v) is 13.3. The highest BCUT2D eigenvalue weighted by atomic mass is 35.5. The van der Waals surface area contributed by atoms with E-state index in [-0.39, 0.29) is 12.6 Å². The number of aromatic nitrogens is 2. The first kappa shape index (κ1) is 15.3. The molecule has 3 aromatic rings. The molecule has 0 atom stereocenters. The first-order valence-electron chi connectivity index (χ1n) is 7.17. The van der Waals surface area contributed by atoms with E-state index in [4.69, 9.17) is 16.3 Å². The maximum atomic E-state index is 12.2. The van der Waals surface area contributed by atoms with Crippen LogP contribution < -0.4 is 0 Å². The van der Waals surface area contributed by atoms with Crippen molar-refractivity contribution in [2.24, 2.45) is 0 Å². The third kappa shape index (κ3) is 3.43. The molecule has 0 fully saturated rings. The molecule has 116 valence electrons. The summed E-state index contributed by atoms with van der Waals surface area (Å²) in [6.07, 6.45) is 1.53. The Morgan fingerprint density at radius 2 is 1.83 bits per heavy atom. The van der Waals surface area contributed by atoms with Gasteiger partial charge in [0, 0.05) is 5.02 Å². The predicted octanol–water partition coefficient (Wildman–Crippen LogP) is 4.19. The number of ether oxygens (including phenoxy) is 1. The van der Waals surface area contributed by atoms with Gasteiger partial charge >= 0.3 is 5.97 Å². The van der Waals surface area contributed by atoms with Gasteiger partial charge in [-0.05, 0) is 36.8 Å². The summed E-state index contributed by atoms with van der Waals surface area (Å²) in [5, 5.41) is 4.92. The van der Waals surface area contributed by atoms with Crippen LogP contribution in [0.4, 0.5) is 0 Å². The van der Waals surface area contributed by atoms with Crippen LogP contribution in [0.3, 0.4) is 0 Å². The minimum atomic E-state index is -0.383. The molecule has 0 aliphatic carbocycles. The number of esters is 1. The zero-order valence-electron chi connectivity index (χ0n) is 12.6. The van der Waals surface area contributed by atoms with E-state index in [1.54, 1.807) is 16.8 Å². The second-order valence-corrected chi connectivity index (χ2v) is 5.53. The van der Waals surface area contributed by atoms with Crippen LogP contribution in [-0.4, -0.2) is 15.7 Å². The fourth-order valence-electron chi connectivity index (χ4n) is 2.25. The topological polar surface area (TPSA) is 44.1 Å². The molecule has 5 heteroatoms. The van der Waals surface area contributed by atoms with Gasteiger partial charge in [-0.25, -0.2) is 9.48 Å². The first-order chi connectivity index (χ1) is 11.1. The van der Waals surface area contributed by atoms with Crippen LogP contribution >= 0.6 is 11.6 Å². The van der Waals surface area contributed by atoms with Gasteiger partial charge in [-0.3, -0.25) is 0 Å². The summed E-state index contributed by atoms with van der Waals surface area (Å²) in [6, 6.07) is 16.8.